The normalized spacial score (nSPS) is 12.9. The second-order valence-electron chi connectivity index (χ2n) is 5.36. The van der Waals surface area contributed by atoms with Gasteiger partial charge in [0, 0.05) is 11.9 Å². The van der Waals surface area contributed by atoms with E-state index in [0.717, 1.165) is 9.78 Å². The van der Waals surface area contributed by atoms with E-state index < -0.39 is 30.3 Å². The minimum absolute atomic E-state index is 0.112. The van der Waals surface area contributed by atoms with Gasteiger partial charge in [-0.2, -0.15) is 0 Å². The molecule has 2 aromatic rings. The predicted molar refractivity (Wildman–Crippen MR) is 89.3 cm³/mol. The van der Waals surface area contributed by atoms with E-state index in [0.29, 0.717) is 6.54 Å². The van der Waals surface area contributed by atoms with Crippen LogP contribution in [0.1, 0.15) is 36.0 Å². The van der Waals surface area contributed by atoms with Crippen molar-refractivity contribution in [2.24, 2.45) is 0 Å². The standard InChI is InChI=1S/C17H14N2O5S/c1-19-15(21)12-5-4-10(7-13(12)16(19)22)17(23)24-9-14(20)18-8-11-3-2-6-25-11/h2-7H,8-9H2,1H3,(H,18,20). The first kappa shape index (κ1) is 16.8. The molecular weight excluding hydrogens is 344 g/mol. The second kappa shape index (κ2) is 6.86. The van der Waals surface area contributed by atoms with Crippen molar-refractivity contribution in [1.29, 1.82) is 0 Å². The molecule has 0 saturated carbocycles. The highest BCUT2D eigenvalue weighted by Crippen LogP contribution is 2.23. The number of hydrogen-bond donors (Lipinski definition) is 1. The molecule has 0 bridgehead atoms. The van der Waals surface area contributed by atoms with Crippen molar-refractivity contribution in [3.8, 4) is 0 Å². The topological polar surface area (TPSA) is 92.8 Å². The molecule has 0 saturated heterocycles. The molecule has 0 unspecified atom stereocenters. The van der Waals surface area contributed by atoms with Crippen molar-refractivity contribution in [2.75, 3.05) is 13.7 Å². The smallest absolute Gasteiger partial charge is 0.338 e. The molecule has 0 radical (unpaired) electrons. The Hall–Kier alpha value is -3.00. The van der Waals surface area contributed by atoms with Gasteiger partial charge in [-0.15, -0.1) is 11.3 Å². The number of amides is 3. The number of nitrogens with one attached hydrogen (secondary N) is 1. The van der Waals surface area contributed by atoms with Crippen LogP contribution in [0.4, 0.5) is 0 Å². The van der Waals surface area contributed by atoms with E-state index in [-0.39, 0.29) is 16.7 Å². The zero-order valence-corrected chi connectivity index (χ0v) is 14.1. The van der Waals surface area contributed by atoms with Gasteiger partial charge in [0.1, 0.15) is 0 Å². The highest BCUT2D eigenvalue weighted by Gasteiger charge is 2.33. The average molecular weight is 358 g/mol. The Morgan fingerprint density at radius 1 is 1.16 bits per heavy atom. The fraction of sp³-hybridized carbons (Fsp3) is 0.176. The van der Waals surface area contributed by atoms with Crippen LogP contribution in [-0.4, -0.2) is 42.2 Å². The Labute approximate surface area is 147 Å². The lowest BCUT2D eigenvalue weighted by atomic mass is 10.1. The van der Waals surface area contributed by atoms with Gasteiger partial charge in [-0.05, 0) is 29.6 Å². The fourth-order valence-electron chi connectivity index (χ4n) is 2.35. The SMILES string of the molecule is CN1C(=O)c2ccc(C(=O)OCC(=O)NCc3cccs3)cc2C1=O. The molecule has 0 atom stereocenters. The van der Waals surface area contributed by atoms with Crippen LogP contribution in [-0.2, 0) is 16.1 Å². The Kier molecular flexibility index (Phi) is 4.62. The lowest BCUT2D eigenvalue weighted by Gasteiger charge is -2.06. The van der Waals surface area contributed by atoms with Gasteiger partial charge in [0.15, 0.2) is 6.61 Å². The number of rotatable bonds is 5. The number of carbonyl (C=O) groups excluding carboxylic acids is 4. The molecule has 1 aromatic heterocycles. The first-order valence-electron chi connectivity index (χ1n) is 7.40. The van der Waals surface area contributed by atoms with Gasteiger partial charge in [-0.1, -0.05) is 6.07 Å². The summed E-state index contributed by atoms with van der Waals surface area (Å²) in [5.41, 5.74) is 0.517. The molecule has 1 N–H and O–H groups in total. The van der Waals surface area contributed by atoms with Crippen LogP contribution in [0.25, 0.3) is 0 Å². The Balaban J connectivity index is 1.58. The van der Waals surface area contributed by atoms with Crippen molar-refractivity contribution in [3.63, 3.8) is 0 Å². The number of ether oxygens (including phenoxy) is 1. The summed E-state index contributed by atoms with van der Waals surface area (Å²) in [6, 6.07) is 7.88. The Morgan fingerprint density at radius 3 is 2.64 bits per heavy atom. The minimum atomic E-state index is -0.733. The molecule has 0 aliphatic carbocycles. The Morgan fingerprint density at radius 2 is 1.92 bits per heavy atom. The largest absolute Gasteiger partial charge is 0.452 e. The van der Waals surface area contributed by atoms with Crippen LogP contribution in [0, 0.1) is 0 Å². The molecular formula is C17H14N2O5S. The van der Waals surface area contributed by atoms with Crippen molar-refractivity contribution < 1.29 is 23.9 Å². The third kappa shape index (κ3) is 3.43. The van der Waals surface area contributed by atoms with E-state index in [1.807, 2.05) is 17.5 Å². The monoisotopic (exact) mass is 358 g/mol. The number of fused-ring (bicyclic) bond motifs is 1. The molecule has 1 aromatic carbocycles. The molecule has 0 fully saturated rings. The summed E-state index contributed by atoms with van der Waals surface area (Å²) >= 11 is 1.51. The van der Waals surface area contributed by atoms with E-state index >= 15 is 0 Å². The van der Waals surface area contributed by atoms with E-state index in [2.05, 4.69) is 5.32 Å². The summed E-state index contributed by atoms with van der Waals surface area (Å²) in [7, 11) is 1.38. The highest BCUT2D eigenvalue weighted by atomic mass is 32.1. The number of nitrogens with zero attached hydrogens (tertiary/aromatic N) is 1. The van der Waals surface area contributed by atoms with Crippen LogP contribution in [0.2, 0.25) is 0 Å². The van der Waals surface area contributed by atoms with Gasteiger partial charge < -0.3 is 10.1 Å². The first-order valence-corrected chi connectivity index (χ1v) is 8.28. The summed E-state index contributed by atoms with van der Waals surface area (Å²) in [6.45, 7) is -0.0517. The number of esters is 1. The maximum Gasteiger partial charge on any atom is 0.338 e. The van der Waals surface area contributed by atoms with Crippen LogP contribution < -0.4 is 5.32 Å². The number of hydrogen-bond acceptors (Lipinski definition) is 6. The molecule has 1 aliphatic rings. The van der Waals surface area contributed by atoms with Gasteiger partial charge >= 0.3 is 5.97 Å². The summed E-state index contributed by atoms with van der Waals surface area (Å²) in [6.07, 6.45) is 0. The zero-order chi connectivity index (χ0) is 18.0. The quantitative estimate of drug-likeness (QED) is 0.645. The molecule has 7 nitrogen and oxygen atoms in total. The van der Waals surface area contributed by atoms with Crippen LogP contribution in [0.15, 0.2) is 35.7 Å². The minimum Gasteiger partial charge on any atom is -0.452 e. The maximum atomic E-state index is 12.0. The van der Waals surface area contributed by atoms with E-state index in [1.54, 1.807) is 0 Å². The first-order chi connectivity index (χ1) is 12.0. The van der Waals surface area contributed by atoms with E-state index in [1.165, 1.54) is 36.6 Å². The molecule has 8 heteroatoms. The number of carbonyl (C=O) groups is 4. The van der Waals surface area contributed by atoms with Gasteiger partial charge in [-0.25, -0.2) is 4.79 Å². The van der Waals surface area contributed by atoms with Crippen molar-refractivity contribution in [3.05, 3.63) is 57.3 Å². The van der Waals surface area contributed by atoms with Crippen LogP contribution >= 0.6 is 11.3 Å². The third-order valence-corrected chi connectivity index (χ3v) is 4.58. The summed E-state index contributed by atoms with van der Waals surface area (Å²) in [5, 5.41) is 4.54. The zero-order valence-electron chi connectivity index (χ0n) is 13.3. The summed E-state index contributed by atoms with van der Waals surface area (Å²) in [5.74, 6) is -2.03. The van der Waals surface area contributed by atoms with Gasteiger partial charge in [-0.3, -0.25) is 19.3 Å². The third-order valence-electron chi connectivity index (χ3n) is 3.70. The molecule has 3 amide bonds. The van der Waals surface area contributed by atoms with Crippen molar-refractivity contribution in [1.82, 2.24) is 10.2 Å². The number of imide groups is 1. The van der Waals surface area contributed by atoms with Crippen molar-refractivity contribution in [2.45, 2.75) is 6.54 Å². The van der Waals surface area contributed by atoms with E-state index in [4.69, 9.17) is 4.74 Å². The van der Waals surface area contributed by atoms with Gasteiger partial charge in [0.05, 0.1) is 23.2 Å². The van der Waals surface area contributed by atoms with Crippen LogP contribution in [0.5, 0.6) is 0 Å². The van der Waals surface area contributed by atoms with Gasteiger partial charge in [0.25, 0.3) is 17.7 Å². The summed E-state index contributed by atoms with van der Waals surface area (Å²) < 4.78 is 4.95. The predicted octanol–water partition coefficient (Wildman–Crippen LogP) is 1.45. The number of benzene rings is 1. The highest BCUT2D eigenvalue weighted by molar-refractivity contribution is 7.09. The fourth-order valence-corrected chi connectivity index (χ4v) is 3.00. The summed E-state index contributed by atoms with van der Waals surface area (Å²) in [4.78, 5) is 49.5. The van der Waals surface area contributed by atoms with Crippen molar-refractivity contribution >= 4 is 35.0 Å². The molecule has 25 heavy (non-hydrogen) atoms. The molecule has 2 heterocycles. The molecule has 128 valence electrons. The maximum absolute atomic E-state index is 12.0. The molecule has 3 rings (SSSR count). The average Bonchev–Trinajstić information content (AvgIpc) is 3.21. The number of thiophene rings is 1. The van der Waals surface area contributed by atoms with Gasteiger partial charge in [0.2, 0.25) is 0 Å². The lowest BCUT2D eigenvalue weighted by Crippen LogP contribution is -2.28. The van der Waals surface area contributed by atoms with E-state index in [9.17, 15) is 19.2 Å². The second-order valence-corrected chi connectivity index (χ2v) is 6.39. The lowest BCUT2D eigenvalue weighted by molar-refractivity contribution is -0.124. The molecule has 1 aliphatic heterocycles. The van der Waals surface area contributed by atoms with Crippen LogP contribution in [0.3, 0.4) is 0 Å². The Bertz CT molecular complexity index is 860. The molecule has 0 spiro atoms.